The van der Waals surface area contributed by atoms with E-state index in [1.165, 1.54) is 12.8 Å². The fourth-order valence-electron chi connectivity index (χ4n) is 2.55. The Hall–Kier alpha value is -0.940. The van der Waals surface area contributed by atoms with Crippen LogP contribution in [0.5, 0.6) is 0 Å². The Morgan fingerprint density at radius 3 is 2.72 bits per heavy atom. The minimum Gasteiger partial charge on any atom is -0.371 e. The smallest absolute Gasteiger partial charge is 0.229 e. The maximum atomic E-state index is 5.70. The van der Waals surface area contributed by atoms with E-state index in [0.29, 0.717) is 24.3 Å². The van der Waals surface area contributed by atoms with Gasteiger partial charge >= 0.3 is 0 Å². The van der Waals surface area contributed by atoms with Crippen molar-refractivity contribution in [1.29, 1.82) is 0 Å². The van der Waals surface area contributed by atoms with Crippen LogP contribution in [0.15, 0.2) is 4.52 Å². The molecular weight excluding hydrogens is 230 g/mol. The lowest BCUT2D eigenvalue weighted by Gasteiger charge is -2.24. The first kappa shape index (κ1) is 13.5. The molecule has 1 aliphatic carbocycles. The first-order valence-electron chi connectivity index (χ1n) is 6.89. The van der Waals surface area contributed by atoms with E-state index in [-0.39, 0.29) is 6.10 Å². The van der Waals surface area contributed by atoms with E-state index in [0.717, 1.165) is 25.3 Å². The van der Waals surface area contributed by atoms with Gasteiger partial charge in [0.25, 0.3) is 0 Å². The third-order valence-electron chi connectivity index (χ3n) is 3.77. The second kappa shape index (κ2) is 6.29. The van der Waals surface area contributed by atoms with Crippen molar-refractivity contribution in [1.82, 2.24) is 10.1 Å². The van der Waals surface area contributed by atoms with E-state index in [4.69, 9.17) is 15.0 Å². The molecule has 1 aliphatic rings. The summed E-state index contributed by atoms with van der Waals surface area (Å²) in [6.07, 6.45) is 4.45. The zero-order valence-electron chi connectivity index (χ0n) is 11.3. The van der Waals surface area contributed by atoms with Crippen LogP contribution >= 0.6 is 0 Å². The Kier molecular flexibility index (Phi) is 4.72. The van der Waals surface area contributed by atoms with Crippen molar-refractivity contribution >= 4 is 0 Å². The lowest BCUT2D eigenvalue weighted by atomic mass is 9.82. The molecule has 0 aliphatic heterocycles. The molecule has 0 spiro atoms. The lowest BCUT2D eigenvalue weighted by Crippen LogP contribution is -2.20. The summed E-state index contributed by atoms with van der Waals surface area (Å²) in [4.78, 5) is 4.47. The summed E-state index contributed by atoms with van der Waals surface area (Å²) >= 11 is 0. The van der Waals surface area contributed by atoms with E-state index in [2.05, 4.69) is 10.1 Å². The first-order chi connectivity index (χ1) is 8.74. The van der Waals surface area contributed by atoms with Gasteiger partial charge in [-0.3, -0.25) is 0 Å². The molecule has 0 bridgehead atoms. The van der Waals surface area contributed by atoms with Crippen LogP contribution in [0.3, 0.4) is 0 Å². The predicted molar refractivity (Wildman–Crippen MR) is 68.1 cm³/mol. The monoisotopic (exact) mass is 253 g/mol. The van der Waals surface area contributed by atoms with Crippen molar-refractivity contribution in [2.45, 2.75) is 51.6 Å². The molecule has 1 aromatic rings. The molecule has 18 heavy (non-hydrogen) atoms. The maximum Gasteiger partial charge on any atom is 0.229 e. The predicted octanol–water partition coefficient (Wildman–Crippen LogP) is 2.40. The fraction of sp³-hybridized carbons (Fsp3) is 0.846. The third-order valence-corrected chi connectivity index (χ3v) is 3.77. The molecule has 1 fully saturated rings. The average molecular weight is 253 g/mol. The Morgan fingerprint density at radius 2 is 2.11 bits per heavy atom. The highest BCUT2D eigenvalue weighted by molar-refractivity contribution is 4.98. The summed E-state index contributed by atoms with van der Waals surface area (Å²) in [5.41, 5.74) is 5.70. The number of hydrogen-bond acceptors (Lipinski definition) is 5. The topological polar surface area (TPSA) is 74.2 Å². The van der Waals surface area contributed by atoms with Gasteiger partial charge in [-0.25, -0.2) is 0 Å². The molecule has 1 unspecified atom stereocenters. The molecule has 1 atom stereocenters. The number of nitrogens with two attached hydrogens (primary N) is 1. The van der Waals surface area contributed by atoms with E-state index in [1.54, 1.807) is 0 Å². The second-order valence-electron chi connectivity index (χ2n) is 5.04. The quantitative estimate of drug-likeness (QED) is 0.872. The van der Waals surface area contributed by atoms with Crippen LogP contribution in [0.4, 0.5) is 0 Å². The van der Waals surface area contributed by atoms with Gasteiger partial charge in [0, 0.05) is 12.5 Å². The molecule has 0 saturated heterocycles. The molecule has 102 valence electrons. The van der Waals surface area contributed by atoms with Gasteiger partial charge in [-0.05, 0) is 52.0 Å². The van der Waals surface area contributed by atoms with Crippen LogP contribution in [0.25, 0.3) is 0 Å². The molecule has 1 heterocycles. The maximum absolute atomic E-state index is 5.70. The Balaban J connectivity index is 1.94. The molecule has 5 nitrogen and oxygen atoms in total. The van der Waals surface area contributed by atoms with Gasteiger partial charge in [0.2, 0.25) is 5.89 Å². The standard InChI is InChI=1S/C13H23N3O2/c1-3-17-9(2)12-15-13(18-16-12)11-6-4-10(8-14)5-7-11/h9-11H,3-8,14H2,1-2H3. The SMILES string of the molecule is CCOC(C)c1noc(C2CCC(CN)CC2)n1. The lowest BCUT2D eigenvalue weighted by molar-refractivity contribution is 0.0683. The largest absolute Gasteiger partial charge is 0.371 e. The summed E-state index contributed by atoms with van der Waals surface area (Å²) in [7, 11) is 0. The summed E-state index contributed by atoms with van der Waals surface area (Å²) in [6, 6.07) is 0. The summed E-state index contributed by atoms with van der Waals surface area (Å²) in [5.74, 6) is 2.51. The van der Waals surface area contributed by atoms with Crippen LogP contribution < -0.4 is 5.73 Å². The van der Waals surface area contributed by atoms with E-state index < -0.39 is 0 Å². The van der Waals surface area contributed by atoms with Gasteiger partial charge in [-0.15, -0.1) is 0 Å². The van der Waals surface area contributed by atoms with Crippen molar-refractivity contribution in [2.24, 2.45) is 11.7 Å². The van der Waals surface area contributed by atoms with Crippen LogP contribution in [-0.4, -0.2) is 23.3 Å². The summed E-state index contributed by atoms with van der Waals surface area (Å²) < 4.78 is 10.8. The molecular formula is C13H23N3O2. The minimum atomic E-state index is -0.0899. The molecule has 2 N–H and O–H groups in total. The highest BCUT2D eigenvalue weighted by atomic mass is 16.5. The number of nitrogens with zero attached hydrogens (tertiary/aromatic N) is 2. The van der Waals surface area contributed by atoms with Crippen molar-refractivity contribution < 1.29 is 9.26 Å². The molecule has 2 rings (SSSR count). The number of aromatic nitrogens is 2. The summed E-state index contributed by atoms with van der Waals surface area (Å²) in [6.45, 7) is 5.37. The van der Waals surface area contributed by atoms with Crippen molar-refractivity contribution in [3.8, 4) is 0 Å². The zero-order valence-corrected chi connectivity index (χ0v) is 11.3. The normalized spacial score (nSPS) is 26.2. The summed E-state index contributed by atoms with van der Waals surface area (Å²) in [5, 5.41) is 4.01. The Labute approximate surface area is 108 Å². The van der Waals surface area contributed by atoms with Crippen LogP contribution in [0, 0.1) is 5.92 Å². The van der Waals surface area contributed by atoms with Crippen molar-refractivity contribution in [3.05, 3.63) is 11.7 Å². The minimum absolute atomic E-state index is 0.0899. The highest BCUT2D eigenvalue weighted by Crippen LogP contribution is 2.34. The zero-order chi connectivity index (χ0) is 13.0. The molecule has 0 aromatic carbocycles. The number of hydrogen-bond donors (Lipinski definition) is 1. The van der Waals surface area contributed by atoms with Crippen LogP contribution in [0.1, 0.15) is 63.3 Å². The molecule has 1 aromatic heterocycles. The van der Waals surface area contributed by atoms with Gasteiger partial charge < -0.3 is 15.0 Å². The van der Waals surface area contributed by atoms with Crippen molar-refractivity contribution in [2.75, 3.05) is 13.2 Å². The van der Waals surface area contributed by atoms with Crippen molar-refractivity contribution in [3.63, 3.8) is 0 Å². The van der Waals surface area contributed by atoms with E-state index >= 15 is 0 Å². The van der Waals surface area contributed by atoms with Crippen LogP contribution in [0.2, 0.25) is 0 Å². The molecule has 5 heteroatoms. The molecule has 0 amide bonds. The number of rotatable bonds is 5. The fourth-order valence-corrected chi connectivity index (χ4v) is 2.55. The van der Waals surface area contributed by atoms with E-state index in [9.17, 15) is 0 Å². The van der Waals surface area contributed by atoms with Crippen LogP contribution in [-0.2, 0) is 4.74 Å². The van der Waals surface area contributed by atoms with Gasteiger partial charge in [0.1, 0.15) is 6.10 Å². The molecule has 1 saturated carbocycles. The highest BCUT2D eigenvalue weighted by Gasteiger charge is 2.26. The third kappa shape index (κ3) is 3.09. The Bertz CT molecular complexity index is 359. The first-order valence-corrected chi connectivity index (χ1v) is 6.89. The number of ether oxygens (including phenoxy) is 1. The molecule has 0 radical (unpaired) electrons. The Morgan fingerprint density at radius 1 is 1.39 bits per heavy atom. The van der Waals surface area contributed by atoms with Gasteiger partial charge in [0.15, 0.2) is 5.82 Å². The van der Waals surface area contributed by atoms with E-state index in [1.807, 2.05) is 13.8 Å². The van der Waals surface area contributed by atoms with Gasteiger partial charge in [-0.1, -0.05) is 5.16 Å². The second-order valence-corrected chi connectivity index (χ2v) is 5.04. The average Bonchev–Trinajstić information content (AvgIpc) is 2.89. The van der Waals surface area contributed by atoms with Gasteiger partial charge in [-0.2, -0.15) is 4.98 Å². The van der Waals surface area contributed by atoms with Gasteiger partial charge in [0.05, 0.1) is 0 Å².